The lowest BCUT2D eigenvalue weighted by atomic mass is 10.2. The molecule has 0 saturated carbocycles. The highest BCUT2D eigenvalue weighted by atomic mass is 16.5. The number of benzene rings is 1. The normalized spacial score (nSPS) is 10.9. The minimum Gasteiger partial charge on any atom is -0.491 e. The molecular weight excluding hydrogens is 270 g/mol. The van der Waals surface area contributed by atoms with Crippen LogP contribution in [-0.2, 0) is 13.1 Å². The Bertz CT molecular complexity index is 808. The molecule has 0 radical (unpaired) electrons. The number of nitrogens with two attached hydrogens (primary N) is 1. The average molecular weight is 285 g/mol. The molecule has 0 aliphatic carbocycles. The number of nitrogens with zero attached hydrogens (tertiary/aromatic N) is 4. The van der Waals surface area contributed by atoms with Crippen molar-refractivity contribution >= 4 is 5.65 Å². The molecule has 0 bridgehead atoms. The van der Waals surface area contributed by atoms with E-state index in [-0.39, 0.29) is 5.69 Å². The second kappa shape index (κ2) is 5.76. The van der Waals surface area contributed by atoms with E-state index in [2.05, 4.69) is 10.1 Å². The number of ether oxygens (including phenoxy) is 1. The molecule has 2 aromatic heterocycles. The van der Waals surface area contributed by atoms with Crippen molar-refractivity contribution < 1.29 is 4.74 Å². The smallest absolute Gasteiger partial charge is 0.350 e. The van der Waals surface area contributed by atoms with Crippen molar-refractivity contribution in [2.75, 3.05) is 6.61 Å². The van der Waals surface area contributed by atoms with E-state index in [1.807, 2.05) is 24.3 Å². The average Bonchev–Trinajstić information content (AvgIpc) is 2.85. The van der Waals surface area contributed by atoms with Crippen LogP contribution in [0, 0.1) is 0 Å². The van der Waals surface area contributed by atoms with Crippen LogP contribution < -0.4 is 16.2 Å². The van der Waals surface area contributed by atoms with Crippen molar-refractivity contribution in [2.45, 2.75) is 13.1 Å². The fraction of sp³-hybridized carbons (Fsp3) is 0.214. The molecule has 0 fully saturated rings. The van der Waals surface area contributed by atoms with Crippen LogP contribution in [-0.4, -0.2) is 25.8 Å². The zero-order chi connectivity index (χ0) is 14.7. The van der Waals surface area contributed by atoms with Gasteiger partial charge in [-0.3, -0.25) is 4.98 Å². The third kappa shape index (κ3) is 2.63. The Morgan fingerprint density at radius 3 is 2.95 bits per heavy atom. The molecule has 0 aliphatic rings. The first kappa shape index (κ1) is 13.3. The zero-order valence-electron chi connectivity index (χ0n) is 11.3. The van der Waals surface area contributed by atoms with Gasteiger partial charge in [-0.2, -0.15) is 0 Å². The summed E-state index contributed by atoms with van der Waals surface area (Å²) in [5, 5.41) is 4.19. The zero-order valence-corrected chi connectivity index (χ0v) is 11.3. The monoisotopic (exact) mass is 285 g/mol. The molecule has 7 nitrogen and oxygen atoms in total. The topological polar surface area (TPSA) is 87.4 Å². The van der Waals surface area contributed by atoms with Gasteiger partial charge in [-0.1, -0.05) is 18.2 Å². The third-order valence-electron chi connectivity index (χ3n) is 3.14. The van der Waals surface area contributed by atoms with Gasteiger partial charge in [0.1, 0.15) is 12.4 Å². The minimum absolute atomic E-state index is 0.205. The van der Waals surface area contributed by atoms with Crippen LogP contribution in [0.25, 0.3) is 5.65 Å². The molecule has 0 spiro atoms. The van der Waals surface area contributed by atoms with E-state index in [4.69, 9.17) is 10.5 Å². The molecule has 0 atom stereocenters. The number of hydrogen-bond donors (Lipinski definition) is 1. The Morgan fingerprint density at radius 1 is 1.29 bits per heavy atom. The lowest BCUT2D eigenvalue weighted by Gasteiger charge is -2.09. The van der Waals surface area contributed by atoms with Gasteiger partial charge < -0.3 is 10.5 Å². The van der Waals surface area contributed by atoms with Gasteiger partial charge in [-0.05, 0) is 6.07 Å². The van der Waals surface area contributed by atoms with Crippen LogP contribution in [0.1, 0.15) is 5.56 Å². The highest BCUT2D eigenvalue weighted by Crippen LogP contribution is 2.16. The van der Waals surface area contributed by atoms with Gasteiger partial charge in [-0.25, -0.2) is 13.9 Å². The molecule has 2 N–H and O–H groups in total. The molecule has 3 aromatic rings. The molecule has 0 saturated heterocycles. The summed E-state index contributed by atoms with van der Waals surface area (Å²) in [7, 11) is 0. The van der Waals surface area contributed by atoms with Crippen molar-refractivity contribution in [3.8, 4) is 5.75 Å². The highest BCUT2D eigenvalue weighted by molar-refractivity contribution is 5.33. The molecule has 1 aromatic carbocycles. The fourth-order valence-electron chi connectivity index (χ4n) is 2.08. The maximum atomic E-state index is 12.1. The van der Waals surface area contributed by atoms with E-state index in [0.717, 1.165) is 11.3 Å². The molecule has 3 rings (SSSR count). The Morgan fingerprint density at radius 2 is 2.14 bits per heavy atom. The lowest BCUT2D eigenvalue weighted by molar-refractivity contribution is 0.286. The molecule has 7 heteroatoms. The van der Waals surface area contributed by atoms with Gasteiger partial charge >= 0.3 is 5.69 Å². The van der Waals surface area contributed by atoms with Crippen molar-refractivity contribution in [1.29, 1.82) is 0 Å². The number of para-hydroxylation sites is 1. The predicted molar refractivity (Wildman–Crippen MR) is 77.1 cm³/mol. The molecule has 0 unspecified atom stereocenters. The third-order valence-corrected chi connectivity index (χ3v) is 3.14. The summed E-state index contributed by atoms with van der Waals surface area (Å²) in [6.45, 7) is 1.11. The van der Waals surface area contributed by atoms with Crippen LogP contribution >= 0.6 is 0 Å². The molecular formula is C14H15N5O2. The van der Waals surface area contributed by atoms with Gasteiger partial charge in [0.2, 0.25) is 0 Å². The van der Waals surface area contributed by atoms with E-state index < -0.39 is 0 Å². The summed E-state index contributed by atoms with van der Waals surface area (Å²) in [5.41, 5.74) is 6.90. The maximum absolute atomic E-state index is 12.1. The van der Waals surface area contributed by atoms with Gasteiger partial charge in [0.15, 0.2) is 5.65 Å². The van der Waals surface area contributed by atoms with Gasteiger partial charge in [-0.15, -0.1) is 5.10 Å². The Balaban J connectivity index is 1.72. The van der Waals surface area contributed by atoms with E-state index in [0.29, 0.717) is 25.3 Å². The Kier molecular flexibility index (Phi) is 3.65. The van der Waals surface area contributed by atoms with E-state index in [1.54, 1.807) is 18.6 Å². The molecule has 21 heavy (non-hydrogen) atoms. The number of aromatic nitrogens is 4. The Hall–Kier alpha value is -2.67. The summed E-state index contributed by atoms with van der Waals surface area (Å²) >= 11 is 0. The maximum Gasteiger partial charge on any atom is 0.350 e. The lowest BCUT2D eigenvalue weighted by Crippen LogP contribution is -2.24. The first-order chi connectivity index (χ1) is 10.3. The Labute approximate surface area is 120 Å². The molecule has 0 aliphatic heterocycles. The standard InChI is InChI=1S/C14H15N5O2/c15-9-11-3-1-2-4-12(11)21-8-7-19-14(20)18-6-5-16-10-13(18)17-19/h1-6,10H,7-9,15H2. The van der Waals surface area contributed by atoms with Gasteiger partial charge in [0.25, 0.3) is 0 Å². The SMILES string of the molecule is NCc1ccccc1OCCn1nc2cnccn2c1=O. The van der Waals surface area contributed by atoms with E-state index in [9.17, 15) is 4.79 Å². The second-order valence-corrected chi connectivity index (χ2v) is 4.47. The first-order valence-corrected chi connectivity index (χ1v) is 6.59. The molecule has 2 heterocycles. The molecule has 0 amide bonds. The van der Waals surface area contributed by atoms with Gasteiger partial charge in [0.05, 0.1) is 12.7 Å². The van der Waals surface area contributed by atoms with Crippen molar-refractivity contribution in [3.63, 3.8) is 0 Å². The van der Waals surface area contributed by atoms with Crippen LogP contribution in [0.4, 0.5) is 0 Å². The minimum atomic E-state index is -0.205. The highest BCUT2D eigenvalue weighted by Gasteiger charge is 2.07. The molecule has 108 valence electrons. The first-order valence-electron chi connectivity index (χ1n) is 6.59. The largest absolute Gasteiger partial charge is 0.491 e. The van der Waals surface area contributed by atoms with Gasteiger partial charge in [0, 0.05) is 24.5 Å². The van der Waals surface area contributed by atoms with Crippen LogP contribution in [0.3, 0.4) is 0 Å². The summed E-state index contributed by atoms with van der Waals surface area (Å²) in [6.07, 6.45) is 4.68. The van der Waals surface area contributed by atoms with Crippen molar-refractivity contribution in [2.24, 2.45) is 5.73 Å². The summed E-state index contributed by atoms with van der Waals surface area (Å²) in [4.78, 5) is 16.0. The fourth-order valence-corrected chi connectivity index (χ4v) is 2.08. The summed E-state index contributed by atoms with van der Waals surface area (Å²) < 4.78 is 8.49. The number of rotatable bonds is 5. The van der Waals surface area contributed by atoms with Crippen molar-refractivity contribution in [1.82, 2.24) is 19.2 Å². The number of fused-ring (bicyclic) bond motifs is 1. The van der Waals surface area contributed by atoms with Crippen LogP contribution in [0.5, 0.6) is 5.75 Å². The van der Waals surface area contributed by atoms with E-state index >= 15 is 0 Å². The second-order valence-electron chi connectivity index (χ2n) is 4.47. The quantitative estimate of drug-likeness (QED) is 0.734. The van der Waals surface area contributed by atoms with Crippen LogP contribution in [0.15, 0.2) is 47.7 Å². The van der Waals surface area contributed by atoms with Crippen molar-refractivity contribution in [3.05, 3.63) is 58.9 Å². The van der Waals surface area contributed by atoms with Crippen LogP contribution in [0.2, 0.25) is 0 Å². The van der Waals surface area contributed by atoms with E-state index in [1.165, 1.54) is 9.08 Å². The predicted octanol–water partition coefficient (Wildman–Crippen LogP) is 0.429. The summed E-state index contributed by atoms with van der Waals surface area (Å²) in [6, 6.07) is 7.57. The number of hydrogen-bond acceptors (Lipinski definition) is 5. The summed E-state index contributed by atoms with van der Waals surface area (Å²) in [5.74, 6) is 0.735.